The van der Waals surface area contributed by atoms with Crippen molar-refractivity contribution in [3.05, 3.63) is 52.5 Å². The third kappa shape index (κ3) is 5.19. The molecule has 156 valence electrons. The van der Waals surface area contributed by atoms with Crippen LogP contribution >= 0.6 is 27.7 Å². The number of aromatic hydroxyl groups is 1. The molecule has 10 heteroatoms. The molecule has 0 aliphatic heterocycles. The number of benzene rings is 2. The van der Waals surface area contributed by atoms with Gasteiger partial charge in [-0.15, -0.1) is 10.2 Å². The molecule has 1 heterocycles. The Morgan fingerprint density at radius 2 is 2.10 bits per heavy atom. The quantitative estimate of drug-likeness (QED) is 0.284. The van der Waals surface area contributed by atoms with E-state index in [1.165, 1.54) is 25.1 Å². The maximum absolute atomic E-state index is 12.2. The Labute approximate surface area is 186 Å². The minimum atomic E-state index is -0.270. The number of ether oxygens (including phenoxy) is 1. The van der Waals surface area contributed by atoms with Gasteiger partial charge in [-0.2, -0.15) is 5.10 Å². The SMILES string of the molecule is CCn1c(SCC(=O)N/N=C\c2cc(Br)c(O)c(OC)c2)nnc1-c1ccccc1. The third-order valence-corrected chi connectivity index (χ3v) is 5.64. The van der Waals surface area contributed by atoms with Crippen LogP contribution in [0.1, 0.15) is 12.5 Å². The minimum absolute atomic E-state index is 0.00462. The van der Waals surface area contributed by atoms with E-state index in [1.54, 1.807) is 12.1 Å². The summed E-state index contributed by atoms with van der Waals surface area (Å²) in [5.41, 5.74) is 4.11. The number of thioether (sulfide) groups is 1. The van der Waals surface area contributed by atoms with E-state index in [2.05, 4.69) is 36.7 Å². The molecule has 30 heavy (non-hydrogen) atoms. The van der Waals surface area contributed by atoms with E-state index in [0.717, 1.165) is 11.4 Å². The molecular formula is C20H20BrN5O3S. The molecule has 2 aromatic carbocycles. The first-order valence-electron chi connectivity index (χ1n) is 9.03. The summed E-state index contributed by atoms with van der Waals surface area (Å²) in [6.07, 6.45) is 1.47. The number of phenols is 1. The van der Waals surface area contributed by atoms with E-state index in [1.807, 2.05) is 41.8 Å². The maximum Gasteiger partial charge on any atom is 0.250 e. The summed E-state index contributed by atoms with van der Waals surface area (Å²) in [6, 6.07) is 13.1. The van der Waals surface area contributed by atoms with Crippen LogP contribution in [0.2, 0.25) is 0 Å². The normalized spacial score (nSPS) is 11.0. The Kier molecular flexibility index (Phi) is 7.47. The number of halogens is 1. The average molecular weight is 490 g/mol. The van der Waals surface area contributed by atoms with Gasteiger partial charge in [0.2, 0.25) is 0 Å². The van der Waals surface area contributed by atoms with Crippen molar-refractivity contribution in [2.75, 3.05) is 12.9 Å². The van der Waals surface area contributed by atoms with Crippen molar-refractivity contribution in [2.24, 2.45) is 5.10 Å². The second-order valence-electron chi connectivity index (χ2n) is 6.05. The molecule has 0 atom stereocenters. The number of aromatic nitrogens is 3. The van der Waals surface area contributed by atoms with Gasteiger partial charge in [-0.3, -0.25) is 4.79 Å². The fourth-order valence-corrected chi connectivity index (χ4v) is 3.90. The molecular weight excluding hydrogens is 470 g/mol. The smallest absolute Gasteiger partial charge is 0.250 e. The van der Waals surface area contributed by atoms with E-state index in [9.17, 15) is 9.90 Å². The van der Waals surface area contributed by atoms with Crippen LogP contribution in [0, 0.1) is 0 Å². The number of hydrazone groups is 1. The molecule has 1 amide bonds. The van der Waals surface area contributed by atoms with Crippen LogP contribution in [0.5, 0.6) is 11.5 Å². The highest BCUT2D eigenvalue weighted by Gasteiger charge is 2.14. The lowest BCUT2D eigenvalue weighted by atomic mass is 10.2. The molecule has 3 rings (SSSR count). The number of hydrogen-bond donors (Lipinski definition) is 2. The second-order valence-corrected chi connectivity index (χ2v) is 7.85. The van der Waals surface area contributed by atoms with E-state index in [0.29, 0.717) is 27.5 Å². The summed E-state index contributed by atoms with van der Waals surface area (Å²) in [4.78, 5) is 12.2. The van der Waals surface area contributed by atoms with Crippen LogP contribution in [0.4, 0.5) is 0 Å². The van der Waals surface area contributed by atoms with Crippen molar-refractivity contribution in [1.29, 1.82) is 0 Å². The molecule has 0 saturated carbocycles. The van der Waals surface area contributed by atoms with Gasteiger partial charge in [0.1, 0.15) is 0 Å². The number of rotatable bonds is 8. The van der Waals surface area contributed by atoms with Crippen LogP contribution in [0.25, 0.3) is 11.4 Å². The average Bonchev–Trinajstić information content (AvgIpc) is 3.18. The molecule has 2 N–H and O–H groups in total. The zero-order valence-electron chi connectivity index (χ0n) is 16.4. The molecule has 8 nitrogen and oxygen atoms in total. The molecule has 0 radical (unpaired) electrons. The van der Waals surface area contributed by atoms with Gasteiger partial charge in [0.15, 0.2) is 22.5 Å². The summed E-state index contributed by atoms with van der Waals surface area (Å²) >= 11 is 4.54. The molecule has 0 spiro atoms. The van der Waals surface area contributed by atoms with Crippen LogP contribution < -0.4 is 10.2 Å². The first-order chi connectivity index (χ1) is 14.5. The van der Waals surface area contributed by atoms with Gasteiger partial charge in [-0.1, -0.05) is 42.1 Å². The number of carbonyl (C=O) groups is 1. The van der Waals surface area contributed by atoms with Crippen molar-refractivity contribution < 1.29 is 14.6 Å². The first kappa shape index (κ1) is 21.8. The monoisotopic (exact) mass is 489 g/mol. The molecule has 0 aliphatic rings. The number of methoxy groups -OCH3 is 1. The predicted molar refractivity (Wildman–Crippen MR) is 120 cm³/mol. The van der Waals surface area contributed by atoms with Gasteiger partial charge < -0.3 is 14.4 Å². The van der Waals surface area contributed by atoms with Crippen LogP contribution in [0.3, 0.4) is 0 Å². The molecule has 0 fully saturated rings. The number of nitrogens with zero attached hydrogens (tertiary/aromatic N) is 4. The summed E-state index contributed by atoms with van der Waals surface area (Å²) in [7, 11) is 1.46. The lowest BCUT2D eigenvalue weighted by Crippen LogP contribution is -2.20. The summed E-state index contributed by atoms with van der Waals surface area (Å²) in [5, 5.41) is 22.9. The van der Waals surface area contributed by atoms with E-state index in [4.69, 9.17) is 4.74 Å². The van der Waals surface area contributed by atoms with Crippen molar-refractivity contribution in [2.45, 2.75) is 18.6 Å². The van der Waals surface area contributed by atoms with Gasteiger partial charge in [0, 0.05) is 12.1 Å². The number of carbonyl (C=O) groups excluding carboxylic acids is 1. The van der Waals surface area contributed by atoms with Crippen LogP contribution in [-0.2, 0) is 11.3 Å². The zero-order chi connectivity index (χ0) is 21.5. The molecule has 0 aliphatic carbocycles. The summed E-state index contributed by atoms with van der Waals surface area (Å²) < 4.78 is 7.53. The van der Waals surface area contributed by atoms with Crippen LogP contribution in [0.15, 0.2) is 57.2 Å². The van der Waals surface area contributed by atoms with Crippen molar-refractivity contribution in [3.63, 3.8) is 0 Å². The molecule has 0 saturated heterocycles. The Morgan fingerprint density at radius 3 is 2.80 bits per heavy atom. The standard InChI is InChI=1S/C20H20BrN5O3S/c1-3-26-19(14-7-5-4-6-8-14)24-25-20(26)30-12-17(27)23-22-11-13-9-15(21)18(28)16(10-13)29-2/h4-11,28H,3,12H2,1-2H3,(H,23,27)/b22-11-. The fraction of sp³-hybridized carbons (Fsp3) is 0.200. The van der Waals surface area contributed by atoms with Gasteiger partial charge >= 0.3 is 0 Å². The van der Waals surface area contributed by atoms with Gasteiger partial charge in [0.25, 0.3) is 5.91 Å². The number of phenolic OH excluding ortho intramolecular Hbond substituents is 1. The van der Waals surface area contributed by atoms with Crippen molar-refractivity contribution >= 4 is 39.8 Å². The van der Waals surface area contributed by atoms with Crippen molar-refractivity contribution in [3.8, 4) is 22.9 Å². The molecule has 0 bridgehead atoms. The third-order valence-electron chi connectivity index (χ3n) is 4.07. The number of hydrogen-bond acceptors (Lipinski definition) is 7. The largest absolute Gasteiger partial charge is 0.503 e. The van der Waals surface area contributed by atoms with Crippen LogP contribution in [-0.4, -0.2) is 44.9 Å². The Balaban J connectivity index is 1.60. The highest BCUT2D eigenvalue weighted by Crippen LogP contribution is 2.34. The summed E-state index contributed by atoms with van der Waals surface area (Å²) in [5.74, 6) is 0.956. The lowest BCUT2D eigenvalue weighted by molar-refractivity contribution is -0.118. The molecule has 3 aromatic rings. The van der Waals surface area contributed by atoms with E-state index >= 15 is 0 Å². The molecule has 1 aromatic heterocycles. The zero-order valence-corrected chi connectivity index (χ0v) is 18.8. The highest BCUT2D eigenvalue weighted by molar-refractivity contribution is 9.10. The van der Waals surface area contributed by atoms with Gasteiger partial charge in [-0.25, -0.2) is 5.43 Å². The maximum atomic E-state index is 12.2. The summed E-state index contributed by atoms with van der Waals surface area (Å²) in [6.45, 7) is 2.70. The van der Waals surface area contributed by atoms with E-state index in [-0.39, 0.29) is 17.4 Å². The lowest BCUT2D eigenvalue weighted by Gasteiger charge is -2.07. The Bertz CT molecular complexity index is 1060. The Morgan fingerprint density at radius 1 is 1.33 bits per heavy atom. The van der Waals surface area contributed by atoms with Gasteiger partial charge in [0.05, 0.1) is 23.5 Å². The second kappa shape index (κ2) is 10.3. The number of nitrogens with one attached hydrogen (secondary N) is 1. The van der Waals surface area contributed by atoms with E-state index < -0.39 is 0 Å². The van der Waals surface area contributed by atoms with Crippen molar-refractivity contribution in [1.82, 2.24) is 20.2 Å². The molecule has 0 unspecified atom stereocenters. The number of amides is 1. The predicted octanol–water partition coefficient (Wildman–Crippen LogP) is 3.68. The Hall–Kier alpha value is -2.85. The van der Waals surface area contributed by atoms with Gasteiger partial charge in [-0.05, 0) is 40.5 Å². The minimum Gasteiger partial charge on any atom is -0.503 e. The first-order valence-corrected chi connectivity index (χ1v) is 10.8. The topological polar surface area (TPSA) is 102 Å². The fourth-order valence-electron chi connectivity index (χ4n) is 2.65. The highest BCUT2D eigenvalue weighted by atomic mass is 79.9.